The molecule has 0 saturated carbocycles. The van der Waals surface area contributed by atoms with Crippen molar-refractivity contribution in [3.8, 4) is 0 Å². The number of nitrogens with one attached hydrogen (secondary N) is 1. The second-order valence-corrected chi connectivity index (χ2v) is 5.96. The maximum absolute atomic E-state index is 12.1. The van der Waals surface area contributed by atoms with Gasteiger partial charge in [-0.05, 0) is 18.2 Å². The Kier molecular flexibility index (Phi) is 3.69. The number of anilines is 1. The molecule has 0 atom stereocenters. The molecule has 20 heavy (non-hydrogen) atoms. The molecule has 9 heteroatoms. The zero-order valence-electron chi connectivity index (χ0n) is 10.4. The van der Waals surface area contributed by atoms with Gasteiger partial charge in [-0.1, -0.05) is 17.7 Å². The summed E-state index contributed by atoms with van der Waals surface area (Å²) in [6.45, 7) is 0. The number of primary amides is 1. The maximum Gasteiger partial charge on any atom is 0.282 e. The summed E-state index contributed by atoms with van der Waals surface area (Å²) in [5, 5.41) is -0.297. The van der Waals surface area contributed by atoms with Crippen molar-refractivity contribution in [3.05, 3.63) is 41.3 Å². The predicted molar refractivity (Wildman–Crippen MR) is 74.0 cm³/mol. The lowest BCUT2D eigenvalue weighted by molar-refractivity contribution is 0.100. The molecular weight excluding hydrogens is 304 g/mol. The van der Waals surface area contributed by atoms with Crippen LogP contribution in [0.15, 0.2) is 35.6 Å². The number of aryl methyl sites for hydroxylation is 1. The predicted octanol–water partition coefficient (Wildman–Crippen LogP) is 0.973. The van der Waals surface area contributed by atoms with Gasteiger partial charge in [-0.25, -0.2) is 4.98 Å². The van der Waals surface area contributed by atoms with E-state index in [0.717, 1.165) is 0 Å². The van der Waals surface area contributed by atoms with Crippen LogP contribution < -0.4 is 10.5 Å². The van der Waals surface area contributed by atoms with Crippen LogP contribution in [0.2, 0.25) is 5.15 Å². The summed E-state index contributed by atoms with van der Waals surface area (Å²) in [7, 11) is -2.36. The second-order valence-electron chi connectivity index (χ2n) is 4.00. The summed E-state index contributed by atoms with van der Waals surface area (Å²) in [4.78, 5) is 14.8. The minimum absolute atomic E-state index is 0.0106. The molecule has 0 radical (unpaired) electrons. The monoisotopic (exact) mass is 314 g/mol. The third kappa shape index (κ3) is 2.75. The number of hydrogen-bond acceptors (Lipinski definition) is 4. The van der Waals surface area contributed by atoms with E-state index >= 15 is 0 Å². The SMILES string of the molecule is Cn1cnc(S(=O)(=O)Nc2cccc(C(N)=O)c2)c1Cl. The first-order chi connectivity index (χ1) is 9.31. The fraction of sp³-hybridized carbons (Fsp3) is 0.0909. The first-order valence-corrected chi connectivity index (χ1v) is 7.27. The number of halogens is 1. The average Bonchev–Trinajstić information content (AvgIpc) is 2.70. The van der Waals surface area contributed by atoms with Crippen LogP contribution in [-0.4, -0.2) is 23.9 Å². The zero-order valence-corrected chi connectivity index (χ0v) is 11.9. The van der Waals surface area contributed by atoms with Gasteiger partial charge in [-0.2, -0.15) is 8.42 Å². The number of sulfonamides is 1. The first kappa shape index (κ1) is 14.4. The maximum atomic E-state index is 12.1. The van der Waals surface area contributed by atoms with Crippen molar-refractivity contribution in [1.29, 1.82) is 0 Å². The lowest BCUT2D eigenvalue weighted by atomic mass is 10.2. The second kappa shape index (κ2) is 5.14. The third-order valence-corrected chi connectivity index (χ3v) is 4.36. The Labute approximate surface area is 120 Å². The van der Waals surface area contributed by atoms with E-state index < -0.39 is 15.9 Å². The molecule has 1 heterocycles. The van der Waals surface area contributed by atoms with Gasteiger partial charge in [0.05, 0.1) is 6.33 Å². The molecular formula is C11H11ClN4O3S. The number of rotatable bonds is 4. The largest absolute Gasteiger partial charge is 0.366 e. The van der Waals surface area contributed by atoms with Gasteiger partial charge in [0.2, 0.25) is 10.9 Å². The molecule has 0 unspecified atom stereocenters. The van der Waals surface area contributed by atoms with Crippen LogP contribution in [0.25, 0.3) is 0 Å². The zero-order chi connectivity index (χ0) is 14.9. The van der Waals surface area contributed by atoms with Gasteiger partial charge in [0, 0.05) is 18.3 Å². The Morgan fingerprint density at radius 2 is 2.15 bits per heavy atom. The lowest BCUT2D eigenvalue weighted by Gasteiger charge is -2.07. The van der Waals surface area contributed by atoms with Gasteiger partial charge in [-0.15, -0.1) is 0 Å². The van der Waals surface area contributed by atoms with E-state index in [1.54, 1.807) is 7.05 Å². The van der Waals surface area contributed by atoms with Gasteiger partial charge >= 0.3 is 0 Å². The van der Waals surface area contributed by atoms with Crippen molar-refractivity contribution in [2.45, 2.75) is 5.03 Å². The quantitative estimate of drug-likeness (QED) is 0.876. The fourth-order valence-corrected chi connectivity index (χ4v) is 3.00. The first-order valence-electron chi connectivity index (χ1n) is 5.41. The van der Waals surface area contributed by atoms with Crippen molar-refractivity contribution < 1.29 is 13.2 Å². The van der Waals surface area contributed by atoms with Crippen LogP contribution in [0.5, 0.6) is 0 Å². The van der Waals surface area contributed by atoms with E-state index in [1.807, 2.05) is 0 Å². The fourth-order valence-electron chi connectivity index (χ4n) is 1.51. The molecule has 1 aromatic carbocycles. The number of carbonyl (C=O) groups is 1. The van der Waals surface area contributed by atoms with Gasteiger partial charge in [0.15, 0.2) is 0 Å². The van der Waals surface area contributed by atoms with E-state index in [0.29, 0.717) is 0 Å². The van der Waals surface area contributed by atoms with E-state index in [2.05, 4.69) is 9.71 Å². The van der Waals surface area contributed by atoms with E-state index in [4.69, 9.17) is 17.3 Å². The minimum atomic E-state index is -3.93. The van der Waals surface area contributed by atoms with Gasteiger partial charge < -0.3 is 10.3 Å². The molecule has 0 fully saturated rings. The summed E-state index contributed by atoms with van der Waals surface area (Å²) >= 11 is 5.85. The normalized spacial score (nSPS) is 11.3. The lowest BCUT2D eigenvalue weighted by Crippen LogP contribution is -2.15. The minimum Gasteiger partial charge on any atom is -0.366 e. The number of nitrogens with zero attached hydrogens (tertiary/aromatic N) is 2. The van der Waals surface area contributed by atoms with Crippen LogP contribution in [0.4, 0.5) is 5.69 Å². The summed E-state index contributed by atoms with van der Waals surface area (Å²) in [5.74, 6) is -0.651. The van der Waals surface area contributed by atoms with Crippen LogP contribution >= 0.6 is 11.6 Å². The smallest absolute Gasteiger partial charge is 0.282 e. The molecule has 1 amide bonds. The molecule has 0 aliphatic carbocycles. The summed E-state index contributed by atoms with van der Waals surface area (Å²) in [6.07, 6.45) is 1.29. The molecule has 0 bridgehead atoms. The van der Waals surface area contributed by atoms with Crippen LogP contribution in [0, 0.1) is 0 Å². The number of benzene rings is 1. The number of hydrogen-bond donors (Lipinski definition) is 2. The summed E-state index contributed by atoms with van der Waals surface area (Å²) < 4.78 is 27.9. The van der Waals surface area contributed by atoms with Crippen LogP contribution in [0.3, 0.4) is 0 Å². The highest BCUT2D eigenvalue weighted by molar-refractivity contribution is 7.92. The highest BCUT2D eigenvalue weighted by atomic mass is 35.5. The summed E-state index contributed by atoms with van der Waals surface area (Å²) in [5.41, 5.74) is 5.52. The Balaban J connectivity index is 2.36. The van der Waals surface area contributed by atoms with Gasteiger partial charge in [-0.3, -0.25) is 9.52 Å². The number of carbonyl (C=O) groups excluding carboxylic acids is 1. The van der Waals surface area contributed by atoms with Crippen molar-refractivity contribution >= 4 is 33.2 Å². The molecule has 106 valence electrons. The number of nitrogens with two attached hydrogens (primary N) is 1. The molecule has 2 aromatic rings. The van der Waals surface area contributed by atoms with Crippen LogP contribution in [0.1, 0.15) is 10.4 Å². The van der Waals surface area contributed by atoms with Gasteiger partial charge in [0.25, 0.3) is 10.0 Å². The molecule has 1 aromatic heterocycles. The Hall–Kier alpha value is -2.06. The molecule has 0 aliphatic rings. The van der Waals surface area contributed by atoms with Gasteiger partial charge in [0.1, 0.15) is 5.15 Å². The molecule has 0 saturated heterocycles. The molecule has 2 rings (SSSR count). The Bertz CT molecular complexity index is 770. The molecule has 0 aliphatic heterocycles. The van der Waals surface area contributed by atoms with Crippen molar-refractivity contribution in [2.24, 2.45) is 12.8 Å². The Morgan fingerprint density at radius 1 is 1.45 bits per heavy atom. The summed E-state index contributed by atoms with van der Waals surface area (Å²) in [6, 6.07) is 5.81. The Morgan fingerprint density at radius 3 is 2.70 bits per heavy atom. The van der Waals surface area contributed by atoms with E-state index in [-0.39, 0.29) is 21.4 Å². The van der Waals surface area contributed by atoms with Crippen LogP contribution in [-0.2, 0) is 17.1 Å². The average molecular weight is 315 g/mol. The number of amides is 1. The number of aromatic nitrogens is 2. The van der Waals surface area contributed by atoms with Crippen molar-refractivity contribution in [3.63, 3.8) is 0 Å². The van der Waals surface area contributed by atoms with Crippen molar-refractivity contribution in [1.82, 2.24) is 9.55 Å². The van der Waals surface area contributed by atoms with E-state index in [9.17, 15) is 13.2 Å². The highest BCUT2D eigenvalue weighted by Crippen LogP contribution is 2.22. The molecule has 0 spiro atoms. The molecule has 3 N–H and O–H groups in total. The standard InChI is InChI=1S/C11H11ClN4O3S/c1-16-6-14-11(9(16)12)20(18,19)15-8-4-2-3-7(5-8)10(13)17/h2-6,15H,1H3,(H2,13,17). The molecule has 7 nitrogen and oxygen atoms in total. The van der Waals surface area contributed by atoms with E-state index in [1.165, 1.54) is 35.2 Å². The third-order valence-electron chi connectivity index (χ3n) is 2.49. The topological polar surface area (TPSA) is 107 Å². The highest BCUT2D eigenvalue weighted by Gasteiger charge is 2.22. The number of imidazole rings is 1. The van der Waals surface area contributed by atoms with Crippen molar-refractivity contribution in [2.75, 3.05) is 4.72 Å².